The van der Waals surface area contributed by atoms with Gasteiger partial charge in [0.25, 0.3) is 11.6 Å². The van der Waals surface area contributed by atoms with Crippen molar-refractivity contribution in [3.8, 4) is 0 Å². The fraction of sp³-hybridized carbons (Fsp3) is 0.538. The van der Waals surface area contributed by atoms with Crippen LogP contribution in [-0.2, 0) is 0 Å². The predicted molar refractivity (Wildman–Crippen MR) is 80.6 cm³/mol. The van der Waals surface area contributed by atoms with Gasteiger partial charge in [0.2, 0.25) is 0 Å². The van der Waals surface area contributed by atoms with Crippen LogP contribution in [0.3, 0.4) is 0 Å². The van der Waals surface area contributed by atoms with Crippen LogP contribution in [0.1, 0.15) is 24.2 Å². The maximum absolute atomic E-state index is 12.1. The van der Waals surface area contributed by atoms with Gasteiger partial charge in [-0.15, -0.1) is 0 Å². The van der Waals surface area contributed by atoms with Crippen molar-refractivity contribution in [3.63, 3.8) is 0 Å². The molecular weight excluding hydrogens is 296 g/mol. The summed E-state index contributed by atoms with van der Waals surface area (Å²) in [5, 5.41) is 13.7. The molecule has 1 aromatic rings. The first kappa shape index (κ1) is 17.3. The lowest BCUT2D eigenvalue weighted by Gasteiger charge is -2.28. The molecule has 0 spiro atoms. The number of hydrogen-bond acceptors (Lipinski definition) is 5. The van der Waals surface area contributed by atoms with Gasteiger partial charge in [-0.1, -0.05) is 25.4 Å². The number of carbonyl (C=O) groups is 1. The number of halogens is 1. The molecule has 0 unspecified atom stereocenters. The molecule has 0 fully saturated rings. The topological polar surface area (TPSA) is 88.4 Å². The number of nitro groups is 1. The Balaban J connectivity index is 2.85. The van der Waals surface area contributed by atoms with Gasteiger partial charge in [-0.2, -0.15) is 0 Å². The van der Waals surface area contributed by atoms with Gasteiger partial charge in [-0.3, -0.25) is 14.9 Å². The largest absolute Gasteiger partial charge is 0.351 e. The second-order valence-electron chi connectivity index (χ2n) is 5.87. The van der Waals surface area contributed by atoms with Crippen molar-refractivity contribution in [3.05, 3.63) is 33.1 Å². The summed E-state index contributed by atoms with van der Waals surface area (Å²) in [6.45, 7) is 5.16. The molecular formula is C13H19ClN4O3. The van der Waals surface area contributed by atoms with Gasteiger partial charge in [-0.05, 0) is 25.6 Å². The van der Waals surface area contributed by atoms with E-state index in [4.69, 9.17) is 11.6 Å². The number of pyridine rings is 1. The second kappa shape index (κ2) is 6.82. The minimum Gasteiger partial charge on any atom is -0.351 e. The van der Waals surface area contributed by atoms with Gasteiger partial charge in [0, 0.05) is 13.1 Å². The van der Waals surface area contributed by atoms with Crippen LogP contribution < -0.4 is 5.32 Å². The molecule has 0 radical (unpaired) electrons. The number of nitrogens with zero attached hydrogens (tertiary/aromatic N) is 3. The first-order valence-corrected chi connectivity index (χ1v) is 6.73. The number of rotatable bonds is 6. The SMILES string of the molecule is CN(C)CC(C)(C)CNC(=O)c1cc(Cl)ncc1[N+](=O)[O-]. The molecule has 1 heterocycles. The Bertz CT molecular complexity index is 546. The average molecular weight is 315 g/mol. The fourth-order valence-electron chi connectivity index (χ4n) is 2.08. The van der Waals surface area contributed by atoms with E-state index < -0.39 is 10.8 Å². The van der Waals surface area contributed by atoms with Crippen molar-refractivity contribution in [2.45, 2.75) is 13.8 Å². The molecule has 0 bridgehead atoms. The lowest BCUT2D eigenvalue weighted by Crippen LogP contribution is -2.40. The number of nitrogens with one attached hydrogen (secondary N) is 1. The molecule has 21 heavy (non-hydrogen) atoms. The Labute approximate surface area is 128 Å². The Morgan fingerprint density at radius 1 is 1.52 bits per heavy atom. The summed E-state index contributed by atoms with van der Waals surface area (Å²) in [5.41, 5.74) is -0.604. The molecule has 0 saturated heterocycles. The van der Waals surface area contributed by atoms with Crippen molar-refractivity contribution in [2.24, 2.45) is 5.41 Å². The highest BCUT2D eigenvalue weighted by Crippen LogP contribution is 2.21. The summed E-state index contributed by atoms with van der Waals surface area (Å²) in [7, 11) is 3.88. The second-order valence-corrected chi connectivity index (χ2v) is 6.25. The first-order valence-electron chi connectivity index (χ1n) is 6.35. The standard InChI is InChI=1S/C13H19ClN4O3/c1-13(2,8-17(3)4)7-16-12(19)9-5-11(14)15-6-10(9)18(20)21/h5-6H,7-8H2,1-4H3,(H,16,19). The maximum atomic E-state index is 12.1. The molecule has 1 amide bonds. The number of amides is 1. The highest BCUT2D eigenvalue weighted by atomic mass is 35.5. The molecule has 8 heteroatoms. The third-order valence-electron chi connectivity index (χ3n) is 2.76. The van der Waals surface area contributed by atoms with Crippen LogP contribution in [-0.4, -0.2) is 47.9 Å². The van der Waals surface area contributed by atoms with Gasteiger partial charge in [0.15, 0.2) is 0 Å². The molecule has 1 rings (SSSR count). The molecule has 7 nitrogen and oxygen atoms in total. The Hall–Kier alpha value is -1.73. The summed E-state index contributed by atoms with van der Waals surface area (Å²) >= 11 is 5.70. The molecule has 1 aromatic heterocycles. The van der Waals surface area contributed by atoms with Crippen LogP contribution in [0, 0.1) is 15.5 Å². The van der Waals surface area contributed by atoms with E-state index in [9.17, 15) is 14.9 Å². The zero-order chi connectivity index (χ0) is 16.2. The van der Waals surface area contributed by atoms with Gasteiger partial charge in [0.05, 0.1) is 4.92 Å². The third-order valence-corrected chi connectivity index (χ3v) is 2.97. The minimum absolute atomic E-state index is 0.0401. The summed E-state index contributed by atoms with van der Waals surface area (Å²) in [6, 6.07) is 1.20. The monoisotopic (exact) mass is 314 g/mol. The van der Waals surface area contributed by atoms with E-state index in [1.807, 2.05) is 32.8 Å². The van der Waals surface area contributed by atoms with Crippen LogP contribution in [0.15, 0.2) is 12.3 Å². The molecule has 0 aliphatic heterocycles. The Morgan fingerprint density at radius 3 is 2.67 bits per heavy atom. The maximum Gasteiger partial charge on any atom is 0.300 e. The highest BCUT2D eigenvalue weighted by molar-refractivity contribution is 6.29. The van der Waals surface area contributed by atoms with Crippen LogP contribution in [0.5, 0.6) is 0 Å². The summed E-state index contributed by atoms with van der Waals surface area (Å²) < 4.78 is 0. The van der Waals surface area contributed by atoms with Crippen molar-refractivity contribution in [1.29, 1.82) is 0 Å². The van der Waals surface area contributed by atoms with Crippen LogP contribution in [0.25, 0.3) is 0 Å². The van der Waals surface area contributed by atoms with E-state index in [0.717, 1.165) is 12.7 Å². The summed E-state index contributed by atoms with van der Waals surface area (Å²) in [4.78, 5) is 28.0. The number of hydrogen-bond donors (Lipinski definition) is 1. The Kier molecular flexibility index (Phi) is 5.62. The normalized spacial score (nSPS) is 11.5. The zero-order valence-corrected chi connectivity index (χ0v) is 13.3. The van der Waals surface area contributed by atoms with Crippen molar-refractivity contribution in [2.75, 3.05) is 27.2 Å². The molecule has 0 aromatic carbocycles. The van der Waals surface area contributed by atoms with Gasteiger partial charge >= 0.3 is 0 Å². The van der Waals surface area contributed by atoms with E-state index in [2.05, 4.69) is 10.3 Å². The quantitative estimate of drug-likeness (QED) is 0.492. The lowest BCUT2D eigenvalue weighted by atomic mass is 9.93. The molecule has 0 atom stereocenters. The van der Waals surface area contributed by atoms with Gasteiger partial charge in [-0.25, -0.2) is 4.98 Å². The van der Waals surface area contributed by atoms with Crippen molar-refractivity contribution in [1.82, 2.24) is 15.2 Å². The van der Waals surface area contributed by atoms with Crippen LogP contribution >= 0.6 is 11.6 Å². The number of aromatic nitrogens is 1. The molecule has 1 N–H and O–H groups in total. The summed E-state index contributed by atoms with van der Waals surface area (Å²) in [6.07, 6.45) is 0.988. The van der Waals surface area contributed by atoms with Gasteiger partial charge < -0.3 is 10.2 Å². The van der Waals surface area contributed by atoms with Gasteiger partial charge in [0.1, 0.15) is 16.9 Å². The molecule has 0 saturated carbocycles. The highest BCUT2D eigenvalue weighted by Gasteiger charge is 2.24. The average Bonchev–Trinajstić information content (AvgIpc) is 2.34. The Morgan fingerprint density at radius 2 is 2.14 bits per heavy atom. The molecule has 0 aliphatic rings. The third kappa shape index (κ3) is 5.28. The van der Waals surface area contributed by atoms with E-state index in [0.29, 0.717) is 6.54 Å². The summed E-state index contributed by atoms with van der Waals surface area (Å²) in [5.74, 6) is -0.530. The molecule has 116 valence electrons. The van der Waals surface area contributed by atoms with Crippen LogP contribution in [0.2, 0.25) is 5.15 Å². The van der Waals surface area contributed by atoms with E-state index >= 15 is 0 Å². The molecule has 0 aliphatic carbocycles. The zero-order valence-electron chi connectivity index (χ0n) is 12.5. The smallest absolute Gasteiger partial charge is 0.300 e. The van der Waals surface area contributed by atoms with E-state index in [1.165, 1.54) is 6.07 Å². The van der Waals surface area contributed by atoms with E-state index in [-0.39, 0.29) is 21.8 Å². The lowest BCUT2D eigenvalue weighted by molar-refractivity contribution is -0.385. The van der Waals surface area contributed by atoms with Crippen molar-refractivity contribution >= 4 is 23.2 Å². The van der Waals surface area contributed by atoms with Crippen LogP contribution in [0.4, 0.5) is 5.69 Å². The van der Waals surface area contributed by atoms with E-state index in [1.54, 1.807) is 0 Å². The first-order chi connectivity index (χ1) is 9.62. The fourth-order valence-corrected chi connectivity index (χ4v) is 2.23. The number of carbonyl (C=O) groups excluding carboxylic acids is 1. The minimum atomic E-state index is -0.650. The predicted octanol–water partition coefficient (Wildman–Crippen LogP) is 1.96. The van der Waals surface area contributed by atoms with Crippen molar-refractivity contribution < 1.29 is 9.72 Å².